The first-order valence-corrected chi connectivity index (χ1v) is 6.22. The van der Waals surface area contributed by atoms with Crippen molar-refractivity contribution in [2.45, 2.75) is 52.6 Å². The zero-order valence-corrected chi connectivity index (χ0v) is 11.9. The van der Waals surface area contributed by atoms with E-state index in [1.54, 1.807) is 7.11 Å². The van der Waals surface area contributed by atoms with Gasteiger partial charge in [-0.25, -0.2) is 4.98 Å². The van der Waals surface area contributed by atoms with Gasteiger partial charge in [0.25, 0.3) is 0 Å². The number of imidazole rings is 1. The number of hydrogen-bond donors (Lipinski definition) is 1. The van der Waals surface area contributed by atoms with E-state index >= 15 is 0 Å². The summed E-state index contributed by atoms with van der Waals surface area (Å²) in [6, 6.07) is 0.288. The fourth-order valence-corrected chi connectivity index (χ4v) is 1.66. The summed E-state index contributed by atoms with van der Waals surface area (Å²) in [7, 11) is 1.73. The van der Waals surface area contributed by atoms with Crippen molar-refractivity contribution in [1.82, 2.24) is 9.55 Å². The molecule has 0 aromatic carbocycles. The fourth-order valence-electron chi connectivity index (χ4n) is 1.66. The third kappa shape index (κ3) is 3.73. The van der Waals surface area contributed by atoms with Crippen LogP contribution in [0.3, 0.4) is 0 Å². The number of rotatable bonds is 6. The first kappa shape index (κ1) is 14.0. The van der Waals surface area contributed by atoms with Crippen LogP contribution >= 0.6 is 0 Å². The molecule has 1 unspecified atom stereocenters. The Morgan fingerprint density at radius 1 is 1.53 bits per heavy atom. The smallest absolute Gasteiger partial charge is 0.203 e. The zero-order valence-electron chi connectivity index (χ0n) is 11.9. The number of nitrogens with zero attached hydrogens (tertiary/aromatic N) is 2. The number of methoxy groups -OCH3 is 1. The molecule has 1 aromatic heterocycles. The maximum atomic E-state index is 5.20. The molecule has 0 aliphatic heterocycles. The van der Waals surface area contributed by atoms with Gasteiger partial charge in [-0.2, -0.15) is 0 Å². The van der Waals surface area contributed by atoms with E-state index < -0.39 is 0 Å². The Hall–Kier alpha value is -1.03. The lowest BCUT2D eigenvalue weighted by Gasteiger charge is -2.27. The molecule has 1 atom stereocenters. The topological polar surface area (TPSA) is 39.1 Å². The molecule has 1 rings (SSSR count). The minimum atomic E-state index is 0.0579. The number of aromatic nitrogens is 2. The quantitative estimate of drug-likeness (QED) is 0.829. The van der Waals surface area contributed by atoms with Crippen LogP contribution in [0.25, 0.3) is 0 Å². The highest BCUT2D eigenvalue weighted by atomic mass is 16.5. The number of hydrogen-bond acceptors (Lipinski definition) is 3. The highest BCUT2D eigenvalue weighted by Gasteiger charge is 2.19. The minimum absolute atomic E-state index is 0.0579. The van der Waals surface area contributed by atoms with Crippen LogP contribution in [0, 0.1) is 6.92 Å². The average Bonchev–Trinajstić information content (AvgIpc) is 2.59. The Labute approximate surface area is 104 Å². The van der Waals surface area contributed by atoms with Gasteiger partial charge in [-0.3, -0.25) is 0 Å². The van der Waals surface area contributed by atoms with Gasteiger partial charge in [0.2, 0.25) is 5.95 Å². The van der Waals surface area contributed by atoms with Gasteiger partial charge in [0.1, 0.15) is 0 Å². The van der Waals surface area contributed by atoms with Gasteiger partial charge in [0, 0.05) is 18.8 Å². The van der Waals surface area contributed by atoms with Crippen LogP contribution in [-0.2, 0) is 4.74 Å². The minimum Gasteiger partial charge on any atom is -0.383 e. The molecule has 0 saturated carbocycles. The lowest BCUT2D eigenvalue weighted by Crippen LogP contribution is -2.31. The molecule has 0 aliphatic rings. The number of nitrogens with one attached hydrogen (secondary N) is 1. The predicted octanol–water partition coefficient (Wildman–Crippen LogP) is 3.00. The third-order valence-electron chi connectivity index (χ3n) is 3.07. The predicted molar refractivity (Wildman–Crippen MR) is 71.5 cm³/mol. The van der Waals surface area contributed by atoms with Gasteiger partial charge in [-0.1, -0.05) is 6.92 Å². The van der Waals surface area contributed by atoms with Crippen LogP contribution in [0.4, 0.5) is 5.95 Å². The molecular formula is C13H25N3O. The summed E-state index contributed by atoms with van der Waals surface area (Å²) in [5, 5.41) is 3.49. The Balaban J connectivity index is 2.91. The van der Waals surface area contributed by atoms with Crippen molar-refractivity contribution < 1.29 is 4.74 Å². The summed E-state index contributed by atoms with van der Waals surface area (Å²) in [5.74, 6) is 0.930. The Kier molecular flexibility index (Phi) is 4.57. The molecule has 1 N–H and O–H groups in total. The normalized spacial score (nSPS) is 13.8. The van der Waals surface area contributed by atoms with Crippen molar-refractivity contribution in [3.05, 3.63) is 11.9 Å². The van der Waals surface area contributed by atoms with Crippen molar-refractivity contribution >= 4 is 5.95 Å². The maximum absolute atomic E-state index is 5.20. The number of ether oxygens (including phenoxy) is 1. The van der Waals surface area contributed by atoms with E-state index in [4.69, 9.17) is 4.74 Å². The molecule has 17 heavy (non-hydrogen) atoms. The van der Waals surface area contributed by atoms with E-state index in [9.17, 15) is 0 Å². The molecule has 0 spiro atoms. The second-order valence-electron chi connectivity index (χ2n) is 5.28. The Morgan fingerprint density at radius 3 is 2.71 bits per heavy atom. The maximum Gasteiger partial charge on any atom is 0.203 e. The van der Waals surface area contributed by atoms with Crippen LogP contribution < -0.4 is 5.32 Å². The summed E-state index contributed by atoms with van der Waals surface area (Å²) >= 11 is 0. The van der Waals surface area contributed by atoms with Crippen LogP contribution in [0.15, 0.2) is 6.20 Å². The molecule has 4 heteroatoms. The third-order valence-corrected chi connectivity index (χ3v) is 3.07. The highest BCUT2D eigenvalue weighted by Crippen LogP contribution is 2.21. The van der Waals surface area contributed by atoms with Gasteiger partial charge in [0.05, 0.1) is 18.3 Å². The van der Waals surface area contributed by atoms with Gasteiger partial charge >= 0.3 is 0 Å². The first-order chi connectivity index (χ1) is 7.89. The van der Waals surface area contributed by atoms with E-state index in [-0.39, 0.29) is 11.6 Å². The lowest BCUT2D eigenvalue weighted by molar-refractivity contribution is 0.163. The Morgan fingerprint density at radius 2 is 2.18 bits per heavy atom. The molecular weight excluding hydrogens is 214 g/mol. The molecule has 0 fully saturated rings. The van der Waals surface area contributed by atoms with Crippen molar-refractivity contribution in [1.29, 1.82) is 0 Å². The van der Waals surface area contributed by atoms with Gasteiger partial charge in [-0.05, 0) is 34.1 Å². The highest BCUT2D eigenvalue weighted by molar-refractivity contribution is 5.32. The van der Waals surface area contributed by atoms with Crippen molar-refractivity contribution in [2.75, 3.05) is 19.0 Å². The summed E-state index contributed by atoms with van der Waals surface area (Å²) in [6.45, 7) is 11.4. The molecule has 1 aromatic rings. The summed E-state index contributed by atoms with van der Waals surface area (Å²) in [6.07, 6.45) is 3.12. The molecule has 0 amide bonds. The molecule has 0 aliphatic carbocycles. The van der Waals surface area contributed by atoms with Gasteiger partial charge in [0.15, 0.2) is 0 Å². The van der Waals surface area contributed by atoms with Crippen LogP contribution in [0.2, 0.25) is 0 Å². The molecule has 1 heterocycles. The lowest BCUT2D eigenvalue weighted by atomic mass is 10.0. The molecule has 0 radical (unpaired) electrons. The Bertz CT molecular complexity index is 358. The second kappa shape index (κ2) is 5.54. The monoisotopic (exact) mass is 239 g/mol. The molecule has 98 valence electrons. The van der Waals surface area contributed by atoms with Crippen LogP contribution in [0.5, 0.6) is 0 Å². The van der Waals surface area contributed by atoms with Crippen LogP contribution in [-0.4, -0.2) is 28.8 Å². The van der Waals surface area contributed by atoms with E-state index in [1.165, 1.54) is 0 Å². The van der Waals surface area contributed by atoms with E-state index in [1.807, 2.05) is 6.92 Å². The second-order valence-corrected chi connectivity index (χ2v) is 5.28. The van der Waals surface area contributed by atoms with E-state index in [0.29, 0.717) is 6.61 Å². The largest absolute Gasteiger partial charge is 0.383 e. The average molecular weight is 239 g/mol. The number of anilines is 1. The number of aryl methyl sites for hydroxylation is 1. The summed E-state index contributed by atoms with van der Waals surface area (Å²) in [4.78, 5) is 4.54. The molecule has 0 bridgehead atoms. The zero-order chi connectivity index (χ0) is 13.1. The van der Waals surface area contributed by atoms with Gasteiger partial charge < -0.3 is 14.6 Å². The SMILES string of the molecule is CCC(C)(C)Nc1nc(C)cn1C(C)COC. The fraction of sp³-hybridized carbons (Fsp3) is 0.769. The van der Waals surface area contributed by atoms with Crippen molar-refractivity contribution in [2.24, 2.45) is 0 Å². The van der Waals surface area contributed by atoms with Gasteiger partial charge in [-0.15, -0.1) is 0 Å². The first-order valence-electron chi connectivity index (χ1n) is 6.22. The van der Waals surface area contributed by atoms with Crippen LogP contribution in [0.1, 0.15) is 45.9 Å². The molecule has 4 nitrogen and oxygen atoms in total. The van der Waals surface area contributed by atoms with E-state index in [0.717, 1.165) is 18.1 Å². The molecule has 0 saturated heterocycles. The van der Waals surface area contributed by atoms with E-state index in [2.05, 4.69) is 48.8 Å². The standard InChI is InChI=1S/C13H25N3O/c1-7-13(4,5)15-12-14-10(2)8-16(12)11(3)9-17-6/h8,11H,7,9H2,1-6H3,(H,14,15). The summed E-state index contributed by atoms with van der Waals surface area (Å²) < 4.78 is 7.35. The van der Waals surface area contributed by atoms with Crippen molar-refractivity contribution in [3.63, 3.8) is 0 Å². The van der Waals surface area contributed by atoms with Crippen molar-refractivity contribution in [3.8, 4) is 0 Å². The summed E-state index contributed by atoms with van der Waals surface area (Å²) in [5.41, 5.74) is 1.09.